The molecule has 0 aliphatic carbocycles. The van der Waals surface area contributed by atoms with Gasteiger partial charge >= 0.3 is 28.4 Å². The molecular formula is C81H65ClN12O19S. The molecule has 12 aliphatic rings. The highest BCUT2D eigenvalue weighted by Gasteiger charge is 2.23. The summed E-state index contributed by atoms with van der Waals surface area (Å²) in [5.74, 6) is 1.53. The topological polar surface area (TPSA) is 435 Å². The number of halogens is 1. The van der Waals surface area contributed by atoms with Crippen molar-refractivity contribution in [3.63, 3.8) is 0 Å². The van der Waals surface area contributed by atoms with Crippen LogP contribution in [-0.4, -0.2) is 72.7 Å². The van der Waals surface area contributed by atoms with Gasteiger partial charge in [0.25, 0.3) is 33.4 Å². The Hall–Kier alpha value is -14.3. The predicted octanol–water partition coefficient (Wildman–Crippen LogP) is 12.1. The summed E-state index contributed by atoms with van der Waals surface area (Å²) >= 11 is 11.0. The van der Waals surface area contributed by atoms with Gasteiger partial charge in [0.05, 0.1) is 18.7 Å². The van der Waals surface area contributed by atoms with Crippen molar-refractivity contribution in [2.75, 3.05) is 13.7 Å². The van der Waals surface area contributed by atoms with Crippen LogP contribution in [0.4, 0.5) is 0 Å². The van der Waals surface area contributed by atoms with Crippen LogP contribution in [0.3, 0.4) is 0 Å². The Morgan fingerprint density at radius 3 is 1.23 bits per heavy atom. The quantitative estimate of drug-likeness (QED) is 0.0770. The van der Waals surface area contributed by atoms with Gasteiger partial charge in [-0.2, -0.15) is 29.9 Å². The normalized spacial score (nSPS) is 11.2. The number of aromatic nitrogens is 12. The lowest BCUT2D eigenvalue weighted by molar-refractivity contribution is 0.340. The summed E-state index contributed by atoms with van der Waals surface area (Å²) in [6, 6.07) is 41.4. The van der Waals surface area contributed by atoms with Gasteiger partial charge in [0.15, 0.2) is 11.3 Å². The smallest absolute Gasteiger partial charge is 0.353 e. The van der Waals surface area contributed by atoms with Gasteiger partial charge in [0, 0.05) is 51.5 Å². The molecule has 0 saturated carbocycles. The SMILES string of the molecule is CCCCn1c(=O)nc2oc3cc(C)ccc3cc-2c1=O.CCCCn1c(=O)nc2oc3cc(OCC)c(Cl)cc3cc-2c1=O.COc1cccc2cc3c(=O)[nH]c(=O)nc-3oc12.Cc1ccc2cc3c(=O)[nH]c(=O)nc-3oc2c1.Cc1ccc2cc3c(=O)[nH]c(=S)nc-3oc2c1.Cc1ccc2oc3nc(=O)[nH]c(=O)c-3cc2c1. The molecule has 0 unspecified atom stereocenters. The minimum absolute atomic E-state index is 0.000694. The largest absolute Gasteiger partial charge is 0.493 e. The summed E-state index contributed by atoms with van der Waals surface area (Å²) in [7, 11) is 1.51. The molecule has 31 nitrogen and oxygen atoms in total. The molecule has 0 spiro atoms. The number of para-hydroxylation sites is 1. The number of methoxy groups -OCH3 is 1. The summed E-state index contributed by atoms with van der Waals surface area (Å²) < 4.78 is 46.3. The molecule has 4 N–H and O–H groups in total. The number of benzene rings is 6. The fourth-order valence-electron chi connectivity index (χ4n) is 12.0. The molecule has 33 heteroatoms. The molecule has 0 radical (unpaired) electrons. The van der Waals surface area contributed by atoms with E-state index in [4.69, 9.17) is 59.8 Å². The zero-order chi connectivity index (χ0) is 80.9. The lowest BCUT2D eigenvalue weighted by atomic mass is 10.1. The molecular weight excluding hydrogens is 1510 g/mol. The van der Waals surface area contributed by atoms with Crippen LogP contribution in [0.15, 0.2) is 219 Å². The molecule has 0 bridgehead atoms. The molecule has 0 amide bonds. The highest BCUT2D eigenvalue weighted by molar-refractivity contribution is 7.71. The van der Waals surface area contributed by atoms with E-state index in [1.807, 2.05) is 115 Å². The fourth-order valence-corrected chi connectivity index (χ4v) is 12.4. The van der Waals surface area contributed by atoms with Crippen LogP contribution in [-0.2, 0) is 13.1 Å². The number of ether oxygens (including phenoxy) is 2. The van der Waals surface area contributed by atoms with Crippen molar-refractivity contribution in [3.05, 3.63) is 286 Å². The number of aryl methyl sites for hydroxylation is 4. The second kappa shape index (κ2) is 33.1. The molecule has 0 fully saturated rings. The third kappa shape index (κ3) is 16.9. The van der Waals surface area contributed by atoms with Crippen LogP contribution >= 0.6 is 23.8 Å². The number of H-pyrrole nitrogens is 4. The summed E-state index contributed by atoms with van der Waals surface area (Å²) in [5, 5.41) is 5.08. The minimum Gasteiger partial charge on any atom is -0.493 e. The summed E-state index contributed by atoms with van der Waals surface area (Å²) in [6.07, 6.45) is 3.29. The van der Waals surface area contributed by atoms with Crippen molar-refractivity contribution in [2.24, 2.45) is 0 Å². The van der Waals surface area contributed by atoms with E-state index in [1.165, 1.54) is 11.7 Å². The van der Waals surface area contributed by atoms with E-state index in [0.29, 0.717) is 91.6 Å². The molecule has 576 valence electrons. The lowest BCUT2D eigenvalue weighted by Gasteiger charge is -2.11. The van der Waals surface area contributed by atoms with Crippen LogP contribution < -0.4 is 71.3 Å². The number of aromatic amines is 4. The van der Waals surface area contributed by atoms with Gasteiger partial charge in [-0.15, -0.1) is 0 Å². The highest BCUT2D eigenvalue weighted by atomic mass is 35.5. The van der Waals surface area contributed by atoms with E-state index >= 15 is 0 Å². The van der Waals surface area contributed by atoms with Crippen LogP contribution in [0.1, 0.15) is 68.7 Å². The zero-order valence-corrected chi connectivity index (χ0v) is 63.4. The molecule has 0 aromatic heterocycles. The number of hydrogen-bond acceptors (Lipinski definition) is 26. The molecule has 12 aliphatic heterocycles. The Balaban J connectivity index is 0.000000120. The first-order chi connectivity index (χ1) is 54.7. The minimum atomic E-state index is -0.731. The number of nitrogens with zero attached hydrogens (tertiary/aromatic N) is 8. The first kappa shape index (κ1) is 77.9. The zero-order valence-electron chi connectivity index (χ0n) is 61.8. The number of nitrogens with one attached hydrogen (secondary N) is 4. The lowest BCUT2D eigenvalue weighted by Crippen LogP contribution is -2.36. The van der Waals surface area contributed by atoms with Crippen molar-refractivity contribution >= 4 is 89.6 Å². The molecule has 114 heavy (non-hydrogen) atoms. The van der Waals surface area contributed by atoms with E-state index in [-0.39, 0.29) is 73.5 Å². The molecule has 0 atom stereocenters. The third-order valence-corrected chi connectivity index (χ3v) is 18.1. The van der Waals surface area contributed by atoms with Crippen LogP contribution in [0.5, 0.6) is 11.5 Å². The van der Waals surface area contributed by atoms with E-state index in [2.05, 4.69) is 49.8 Å². The standard InChI is InChI=1S/C17H17ClN2O4.C16H16N2O3.C12H8N2O4.2C12H8N2O3.C12H8N2O2S/c1-3-5-6-20-16(21)11-7-10-8-12(18)14(23-4-2)9-13(10)24-15(11)19-17(20)22;1-3-4-7-18-15(19)12-9-11-6-5-10(2)8-13(11)21-14(12)17-16(18)20;1-17-8-4-2-3-6-5-7-10(15)13-12(16)14-11(7)18-9(6)8;1-6-2-3-9-7(4-6)5-8-10(15)13-12(16)14-11(8)17-9;1-6-2-3-7-5-8-10(15)13-12(16)14-11(8)17-9(7)4-6;1-6-2-3-7-5-8-10(15)13-12(17)14-11(8)16-9(7)4-6/h7-9H,3-6H2,1-2H3;5-6,8-9H,3-4,7H2,1-2H3;2-5H,1H3,(H,13,15,16);2*2-5H,1H3,(H,13,15,16);2-5H,1H3,(H,13,15,17). The maximum absolute atomic E-state index is 12.6. The average molecular weight is 1580 g/mol. The van der Waals surface area contributed by atoms with Gasteiger partial charge < -0.3 is 36.0 Å². The Kier molecular flexibility index (Phi) is 22.6. The number of hydrogen-bond donors (Lipinski definition) is 4. The Bertz CT molecular complexity index is 7200. The molecule has 6 aromatic rings. The second-order valence-electron chi connectivity index (χ2n) is 26.0. The summed E-state index contributed by atoms with van der Waals surface area (Å²) in [6.45, 7) is 14.9. The number of rotatable bonds is 9. The van der Waals surface area contributed by atoms with Gasteiger partial charge in [0.2, 0.25) is 40.1 Å². The van der Waals surface area contributed by atoms with Gasteiger partial charge in [-0.3, -0.25) is 57.8 Å². The number of fused-ring (bicyclic) bond motifs is 12. The third-order valence-electron chi connectivity index (χ3n) is 17.6. The van der Waals surface area contributed by atoms with Crippen LogP contribution in [0.2, 0.25) is 5.02 Å². The monoisotopic (exact) mass is 1580 g/mol. The van der Waals surface area contributed by atoms with Gasteiger partial charge in [-0.25, -0.2) is 24.0 Å². The first-order valence-corrected chi connectivity index (χ1v) is 36.1. The van der Waals surface area contributed by atoms with E-state index < -0.39 is 50.7 Å². The average Bonchev–Trinajstić information content (AvgIpc) is 0.806. The van der Waals surface area contributed by atoms with E-state index in [1.54, 1.807) is 72.8 Å². The van der Waals surface area contributed by atoms with E-state index in [9.17, 15) is 52.7 Å². The van der Waals surface area contributed by atoms with Crippen molar-refractivity contribution in [1.82, 2.24) is 59.0 Å². The van der Waals surface area contributed by atoms with Crippen LogP contribution in [0.25, 0.3) is 135 Å². The molecule has 6 aromatic carbocycles. The Morgan fingerprint density at radius 1 is 0.386 bits per heavy atom. The van der Waals surface area contributed by atoms with Crippen molar-refractivity contribution < 1.29 is 36.0 Å². The number of unbranched alkanes of at least 4 members (excludes halogenated alkanes) is 2. The second-order valence-corrected chi connectivity index (χ2v) is 26.8. The fraction of sp³-hybridized carbons (Fsp3) is 0.185. The molecule has 0 saturated heterocycles. The van der Waals surface area contributed by atoms with Crippen molar-refractivity contribution in [3.8, 4) is 80.2 Å². The van der Waals surface area contributed by atoms with Gasteiger partial charge in [-0.05, 0) is 155 Å². The maximum Gasteiger partial charge on any atom is 0.353 e. The Labute approximate surface area is 648 Å². The van der Waals surface area contributed by atoms with Crippen molar-refractivity contribution in [1.29, 1.82) is 0 Å². The maximum atomic E-state index is 12.6. The summed E-state index contributed by atoms with van der Waals surface area (Å²) in [4.78, 5) is 160. The van der Waals surface area contributed by atoms with E-state index in [0.717, 1.165) is 74.0 Å². The van der Waals surface area contributed by atoms with Crippen LogP contribution in [0, 0.1) is 32.5 Å². The predicted molar refractivity (Wildman–Crippen MR) is 428 cm³/mol. The Morgan fingerprint density at radius 2 is 0.763 bits per heavy atom. The van der Waals surface area contributed by atoms with Gasteiger partial charge in [-0.1, -0.05) is 98.5 Å². The highest BCUT2D eigenvalue weighted by Crippen LogP contribution is 2.35. The van der Waals surface area contributed by atoms with Crippen molar-refractivity contribution in [2.45, 2.75) is 87.2 Å². The molecule has 12 heterocycles. The molecule has 18 rings (SSSR count). The first-order valence-electron chi connectivity index (χ1n) is 35.3. The summed E-state index contributed by atoms with van der Waals surface area (Å²) in [5.41, 5.74) is 3.74. The van der Waals surface area contributed by atoms with Gasteiger partial charge in [0.1, 0.15) is 67.0 Å².